The van der Waals surface area contributed by atoms with E-state index in [9.17, 15) is 0 Å². The smallest absolute Gasteiger partial charge is 0.121 e. The van der Waals surface area contributed by atoms with E-state index in [1.807, 2.05) is 23.0 Å². The van der Waals surface area contributed by atoms with Crippen LogP contribution < -0.4 is 10.1 Å². The van der Waals surface area contributed by atoms with Crippen LogP contribution in [0.1, 0.15) is 5.56 Å². The fraction of sp³-hybridized carbons (Fsp3) is 0.269. The molecule has 0 radical (unpaired) electrons. The molecule has 0 amide bonds. The molecule has 1 aliphatic heterocycles. The highest BCUT2D eigenvalue weighted by molar-refractivity contribution is 5.68. The Balaban J connectivity index is 1.22. The number of ether oxygens (including phenoxy) is 2. The van der Waals surface area contributed by atoms with E-state index in [1.165, 1.54) is 0 Å². The van der Waals surface area contributed by atoms with Crippen LogP contribution in [0.5, 0.6) is 5.75 Å². The lowest BCUT2D eigenvalue weighted by Crippen LogP contribution is -2.38. The van der Waals surface area contributed by atoms with E-state index in [2.05, 4.69) is 75.8 Å². The zero-order chi connectivity index (χ0) is 22.5. The van der Waals surface area contributed by atoms with Crippen molar-refractivity contribution in [3.8, 4) is 22.7 Å². The van der Waals surface area contributed by atoms with Gasteiger partial charge in [0.1, 0.15) is 18.2 Å². The molecule has 170 valence electrons. The zero-order valence-electron chi connectivity index (χ0n) is 18.8. The van der Waals surface area contributed by atoms with Gasteiger partial charge in [-0.25, -0.2) is 4.68 Å². The van der Waals surface area contributed by atoms with Crippen LogP contribution in [0.4, 0.5) is 11.5 Å². The van der Waals surface area contributed by atoms with E-state index >= 15 is 0 Å². The predicted molar refractivity (Wildman–Crippen MR) is 131 cm³/mol. The van der Waals surface area contributed by atoms with Crippen LogP contribution in [0.15, 0.2) is 73.1 Å². The van der Waals surface area contributed by atoms with Crippen LogP contribution in [0.3, 0.4) is 0 Å². The van der Waals surface area contributed by atoms with Gasteiger partial charge in [-0.2, -0.15) is 5.10 Å². The molecule has 0 aliphatic carbocycles. The average molecular weight is 444 g/mol. The number of aryl methyl sites for hydroxylation is 1. The van der Waals surface area contributed by atoms with E-state index in [0.29, 0.717) is 6.61 Å². The molecule has 2 aromatic carbocycles. The molecule has 5 rings (SSSR count). The fourth-order valence-corrected chi connectivity index (χ4v) is 3.94. The molecule has 4 aromatic rings. The van der Waals surface area contributed by atoms with Gasteiger partial charge in [0, 0.05) is 49.5 Å². The Hall–Kier alpha value is -3.55. The summed E-state index contributed by atoms with van der Waals surface area (Å²) >= 11 is 0. The van der Waals surface area contributed by atoms with Crippen molar-refractivity contribution in [3.63, 3.8) is 0 Å². The third-order valence-electron chi connectivity index (χ3n) is 5.89. The van der Waals surface area contributed by atoms with Gasteiger partial charge in [0.15, 0.2) is 0 Å². The summed E-state index contributed by atoms with van der Waals surface area (Å²) in [6.45, 7) is 7.26. The molecule has 0 unspecified atom stereocenters. The average Bonchev–Trinajstić information content (AvgIpc) is 3.55. The van der Waals surface area contributed by atoms with Crippen LogP contribution in [-0.4, -0.2) is 59.1 Å². The fourth-order valence-electron chi connectivity index (χ4n) is 3.94. The number of nitrogens with zero attached hydrogens (tertiary/aromatic N) is 3. The molecule has 1 fully saturated rings. The maximum absolute atomic E-state index is 6.02. The third-order valence-corrected chi connectivity index (χ3v) is 5.89. The molecule has 33 heavy (non-hydrogen) atoms. The van der Waals surface area contributed by atoms with Crippen molar-refractivity contribution in [1.82, 2.24) is 19.7 Å². The molecule has 1 saturated heterocycles. The summed E-state index contributed by atoms with van der Waals surface area (Å²) in [7, 11) is 0. The SMILES string of the molecule is Cc1ccc(OCCN2CCOCC2)cc1Nc1ccc(-c2ccc(-n3cccn3)cc2)[nH]1. The van der Waals surface area contributed by atoms with Crippen molar-refractivity contribution in [1.29, 1.82) is 0 Å². The molecule has 7 nitrogen and oxygen atoms in total. The number of rotatable bonds is 8. The van der Waals surface area contributed by atoms with Crippen LogP contribution in [0.2, 0.25) is 0 Å². The summed E-state index contributed by atoms with van der Waals surface area (Å²) in [6.07, 6.45) is 3.72. The Morgan fingerprint density at radius 1 is 1.06 bits per heavy atom. The predicted octanol–water partition coefficient (Wildman–Crippen LogP) is 4.63. The second kappa shape index (κ2) is 9.94. The molecular formula is C26H29N5O2. The minimum Gasteiger partial charge on any atom is -0.492 e. The standard InChI is InChI=1S/C26H29N5O2/c1-20-3-8-23(33-18-15-30-13-16-32-17-14-30)19-25(20)29-26-10-9-24(28-26)21-4-6-22(7-5-21)31-12-2-11-27-31/h2-12,19,28-29H,13-18H2,1H3. The summed E-state index contributed by atoms with van der Waals surface area (Å²) in [5, 5.41) is 7.78. The first-order valence-electron chi connectivity index (χ1n) is 11.3. The first-order chi connectivity index (χ1) is 16.2. The molecule has 7 heteroatoms. The molecule has 2 N–H and O–H groups in total. The van der Waals surface area contributed by atoms with Gasteiger partial charge in [-0.15, -0.1) is 0 Å². The van der Waals surface area contributed by atoms with Gasteiger partial charge < -0.3 is 19.8 Å². The van der Waals surface area contributed by atoms with Crippen molar-refractivity contribution >= 4 is 11.5 Å². The normalized spacial score (nSPS) is 14.3. The number of H-pyrrole nitrogens is 1. The van der Waals surface area contributed by atoms with Gasteiger partial charge in [-0.05, 0) is 54.4 Å². The molecule has 0 saturated carbocycles. The minimum absolute atomic E-state index is 0.670. The number of hydrogen-bond acceptors (Lipinski definition) is 5. The summed E-state index contributed by atoms with van der Waals surface area (Å²) < 4.78 is 13.3. The number of aromatic amines is 1. The highest BCUT2D eigenvalue weighted by Crippen LogP contribution is 2.28. The molecule has 0 atom stereocenters. The second-order valence-electron chi connectivity index (χ2n) is 8.19. The molecule has 0 spiro atoms. The number of benzene rings is 2. The van der Waals surface area contributed by atoms with Crippen LogP contribution >= 0.6 is 0 Å². The highest BCUT2D eigenvalue weighted by atomic mass is 16.5. The van der Waals surface area contributed by atoms with Gasteiger partial charge in [-0.1, -0.05) is 18.2 Å². The van der Waals surface area contributed by atoms with Gasteiger partial charge in [0.2, 0.25) is 0 Å². The highest BCUT2D eigenvalue weighted by Gasteiger charge is 2.10. The van der Waals surface area contributed by atoms with E-state index in [-0.39, 0.29) is 0 Å². The number of anilines is 2. The molecule has 2 aromatic heterocycles. The van der Waals surface area contributed by atoms with E-state index in [1.54, 1.807) is 6.20 Å². The lowest BCUT2D eigenvalue weighted by molar-refractivity contribution is 0.0322. The van der Waals surface area contributed by atoms with Crippen molar-refractivity contribution in [2.24, 2.45) is 0 Å². The number of aromatic nitrogens is 3. The first-order valence-corrected chi connectivity index (χ1v) is 11.3. The van der Waals surface area contributed by atoms with Gasteiger partial charge in [-0.3, -0.25) is 4.90 Å². The monoisotopic (exact) mass is 443 g/mol. The number of morpholine rings is 1. The van der Waals surface area contributed by atoms with Crippen LogP contribution in [-0.2, 0) is 4.74 Å². The zero-order valence-corrected chi connectivity index (χ0v) is 18.8. The minimum atomic E-state index is 0.670. The Bertz CT molecular complexity index is 1160. The first kappa shape index (κ1) is 21.3. The quantitative estimate of drug-likeness (QED) is 0.416. The summed E-state index contributed by atoms with van der Waals surface area (Å²) in [5.41, 5.74) is 5.40. The maximum Gasteiger partial charge on any atom is 0.121 e. The van der Waals surface area contributed by atoms with E-state index < -0.39 is 0 Å². The summed E-state index contributed by atoms with van der Waals surface area (Å²) in [4.78, 5) is 5.85. The van der Waals surface area contributed by atoms with Crippen LogP contribution in [0.25, 0.3) is 16.9 Å². The van der Waals surface area contributed by atoms with Gasteiger partial charge in [0.05, 0.1) is 18.9 Å². The topological polar surface area (TPSA) is 67.3 Å². The Morgan fingerprint density at radius 3 is 2.70 bits per heavy atom. The van der Waals surface area contributed by atoms with E-state index in [0.717, 1.165) is 72.6 Å². The van der Waals surface area contributed by atoms with E-state index in [4.69, 9.17) is 9.47 Å². The second-order valence-corrected chi connectivity index (χ2v) is 8.19. The molecule has 3 heterocycles. The Morgan fingerprint density at radius 2 is 1.91 bits per heavy atom. The van der Waals surface area contributed by atoms with Crippen molar-refractivity contribution in [2.75, 3.05) is 44.8 Å². The summed E-state index contributed by atoms with van der Waals surface area (Å²) in [6, 6.07) is 20.6. The van der Waals surface area contributed by atoms with Gasteiger partial charge >= 0.3 is 0 Å². The Labute approximate surface area is 194 Å². The van der Waals surface area contributed by atoms with Crippen molar-refractivity contribution < 1.29 is 9.47 Å². The van der Waals surface area contributed by atoms with Crippen molar-refractivity contribution in [3.05, 3.63) is 78.6 Å². The molecular weight excluding hydrogens is 414 g/mol. The maximum atomic E-state index is 6.02. The lowest BCUT2D eigenvalue weighted by Gasteiger charge is -2.26. The largest absolute Gasteiger partial charge is 0.492 e. The summed E-state index contributed by atoms with van der Waals surface area (Å²) in [5.74, 6) is 1.81. The van der Waals surface area contributed by atoms with Crippen molar-refractivity contribution in [2.45, 2.75) is 6.92 Å². The van der Waals surface area contributed by atoms with Crippen LogP contribution in [0, 0.1) is 6.92 Å². The third kappa shape index (κ3) is 5.27. The molecule has 0 bridgehead atoms. The number of nitrogens with one attached hydrogen (secondary N) is 2. The molecule has 1 aliphatic rings. The number of hydrogen-bond donors (Lipinski definition) is 2. The van der Waals surface area contributed by atoms with Gasteiger partial charge in [0.25, 0.3) is 0 Å². The Kier molecular flexibility index (Phi) is 6.41. The lowest BCUT2D eigenvalue weighted by atomic mass is 10.1.